The Hall–Kier alpha value is -3.19. The summed E-state index contributed by atoms with van der Waals surface area (Å²) in [6.45, 7) is 1.94. The molecule has 0 saturated carbocycles. The standard InChI is InChI=1S/C20H16FN5S/c1-12(13-5-6-17-18(10-13)27-11-24-17)20(23)26-19(22)8-7-16(25-26)14-3-2-4-15(21)9-14/h2-12,22-23H,1H3/p+1. The maximum Gasteiger partial charge on any atom is 0.261 e. The second-order valence-electron chi connectivity index (χ2n) is 6.25. The second-order valence-corrected chi connectivity index (χ2v) is 7.14. The van der Waals surface area contributed by atoms with E-state index in [0.717, 1.165) is 15.8 Å². The summed E-state index contributed by atoms with van der Waals surface area (Å²) < 4.78 is 16.0. The molecule has 1 atom stereocenters. The smallest absolute Gasteiger partial charge is 0.261 e. The summed E-state index contributed by atoms with van der Waals surface area (Å²) in [7, 11) is 0. The zero-order valence-electron chi connectivity index (χ0n) is 14.6. The van der Waals surface area contributed by atoms with Gasteiger partial charge in [-0.2, -0.15) is 5.41 Å². The van der Waals surface area contributed by atoms with E-state index in [2.05, 4.69) is 10.1 Å². The van der Waals surface area contributed by atoms with E-state index >= 15 is 0 Å². The van der Waals surface area contributed by atoms with Gasteiger partial charge >= 0.3 is 0 Å². The summed E-state index contributed by atoms with van der Waals surface area (Å²) in [5, 5.41) is 13.1. The van der Waals surface area contributed by atoms with Gasteiger partial charge in [0, 0.05) is 11.6 Å². The van der Waals surface area contributed by atoms with Crippen molar-refractivity contribution in [1.29, 1.82) is 5.41 Å². The average molecular weight is 378 g/mol. The Morgan fingerprint density at radius 3 is 2.85 bits per heavy atom. The van der Waals surface area contributed by atoms with Crippen molar-refractivity contribution >= 4 is 33.2 Å². The van der Waals surface area contributed by atoms with Crippen LogP contribution in [-0.2, 0) is 0 Å². The summed E-state index contributed by atoms with van der Waals surface area (Å²) in [6.07, 6.45) is 0. The molecule has 4 aromatic rings. The van der Waals surface area contributed by atoms with E-state index in [1.165, 1.54) is 16.8 Å². The summed E-state index contributed by atoms with van der Waals surface area (Å²) in [5.41, 5.74) is 11.0. The highest BCUT2D eigenvalue weighted by Gasteiger charge is 2.23. The van der Waals surface area contributed by atoms with Crippen molar-refractivity contribution in [2.24, 2.45) is 0 Å². The Bertz CT molecular complexity index is 1150. The Balaban J connectivity index is 1.71. The van der Waals surface area contributed by atoms with Crippen molar-refractivity contribution in [3.63, 3.8) is 0 Å². The fourth-order valence-electron chi connectivity index (χ4n) is 2.91. The lowest BCUT2D eigenvalue weighted by Gasteiger charge is -2.12. The number of fused-ring (bicyclic) bond motifs is 1. The number of benzene rings is 2. The van der Waals surface area contributed by atoms with Crippen LogP contribution in [0.4, 0.5) is 10.2 Å². The van der Waals surface area contributed by atoms with Gasteiger partial charge in [0.1, 0.15) is 11.5 Å². The van der Waals surface area contributed by atoms with Gasteiger partial charge in [-0.15, -0.1) is 21.1 Å². The lowest BCUT2D eigenvalue weighted by Crippen LogP contribution is -2.50. The van der Waals surface area contributed by atoms with Crippen molar-refractivity contribution in [3.8, 4) is 11.3 Å². The molecule has 4 rings (SSSR count). The Labute approximate surface area is 159 Å². The molecule has 27 heavy (non-hydrogen) atoms. The molecule has 2 heterocycles. The molecule has 0 saturated heterocycles. The van der Waals surface area contributed by atoms with E-state index in [-0.39, 0.29) is 17.6 Å². The minimum Gasteiger partial charge on any atom is -0.317 e. The van der Waals surface area contributed by atoms with Crippen LogP contribution >= 0.6 is 11.3 Å². The quantitative estimate of drug-likeness (QED) is 0.321. The highest BCUT2D eigenvalue weighted by Crippen LogP contribution is 2.24. The molecule has 134 valence electrons. The van der Waals surface area contributed by atoms with E-state index in [0.29, 0.717) is 17.1 Å². The van der Waals surface area contributed by atoms with Crippen LogP contribution in [0.2, 0.25) is 0 Å². The zero-order valence-corrected chi connectivity index (χ0v) is 15.4. The number of rotatable bonds is 3. The number of aromatic nitrogens is 3. The van der Waals surface area contributed by atoms with Crippen LogP contribution in [0, 0.1) is 11.2 Å². The molecule has 0 amide bonds. The number of hydrogen-bond donors (Lipinski definition) is 2. The van der Waals surface area contributed by atoms with Crippen molar-refractivity contribution in [2.45, 2.75) is 12.8 Å². The minimum absolute atomic E-state index is 0.223. The van der Waals surface area contributed by atoms with Crippen LogP contribution in [0.25, 0.3) is 21.5 Å². The predicted octanol–water partition coefficient (Wildman–Crippen LogP) is 4.00. The first-order valence-electron chi connectivity index (χ1n) is 8.39. The molecule has 0 fully saturated rings. The van der Waals surface area contributed by atoms with E-state index in [1.807, 2.05) is 25.1 Å². The first-order valence-corrected chi connectivity index (χ1v) is 9.27. The normalized spacial score (nSPS) is 12.2. The van der Waals surface area contributed by atoms with Gasteiger partial charge < -0.3 is 5.73 Å². The molecular weight excluding hydrogens is 361 g/mol. The maximum atomic E-state index is 13.5. The predicted molar refractivity (Wildman–Crippen MR) is 105 cm³/mol. The lowest BCUT2D eigenvalue weighted by molar-refractivity contribution is -0.609. The number of nitrogen functional groups attached to an aromatic ring is 1. The largest absolute Gasteiger partial charge is 0.317 e. The monoisotopic (exact) mass is 378 g/mol. The van der Waals surface area contributed by atoms with Crippen LogP contribution < -0.4 is 10.4 Å². The Morgan fingerprint density at radius 2 is 2.04 bits per heavy atom. The highest BCUT2D eigenvalue weighted by atomic mass is 32.1. The van der Waals surface area contributed by atoms with E-state index in [1.54, 1.807) is 41.1 Å². The number of thiazole rings is 1. The summed E-state index contributed by atoms with van der Waals surface area (Å²) in [6, 6.07) is 15.6. The van der Waals surface area contributed by atoms with Gasteiger partial charge in [-0.1, -0.05) is 18.2 Å². The molecular formula is C20H17FN5S+. The SMILES string of the molecule is CC(C(=N)[n+]1nc(-c2cccc(F)c2)ccc1N)c1ccc2ncsc2c1. The van der Waals surface area contributed by atoms with Crippen molar-refractivity contribution < 1.29 is 9.07 Å². The summed E-state index contributed by atoms with van der Waals surface area (Å²) >= 11 is 1.57. The lowest BCUT2D eigenvalue weighted by atomic mass is 10.00. The number of nitrogens with two attached hydrogens (primary N) is 1. The molecule has 2 aromatic heterocycles. The summed E-state index contributed by atoms with van der Waals surface area (Å²) in [4.78, 5) is 4.29. The van der Waals surface area contributed by atoms with Crippen LogP contribution in [0.5, 0.6) is 0 Å². The Morgan fingerprint density at radius 1 is 1.19 bits per heavy atom. The van der Waals surface area contributed by atoms with E-state index < -0.39 is 0 Å². The third kappa shape index (κ3) is 3.29. The molecule has 7 heteroatoms. The number of anilines is 1. The minimum atomic E-state index is -0.334. The van der Waals surface area contributed by atoms with Gasteiger partial charge in [0.2, 0.25) is 5.82 Å². The molecule has 0 aliphatic heterocycles. The Kier molecular flexibility index (Phi) is 4.37. The fourth-order valence-corrected chi connectivity index (χ4v) is 3.64. The van der Waals surface area contributed by atoms with E-state index in [9.17, 15) is 4.39 Å². The van der Waals surface area contributed by atoms with Gasteiger partial charge in [0.05, 0.1) is 21.6 Å². The molecule has 2 aromatic carbocycles. The second kappa shape index (κ2) is 6.85. The number of hydrogen-bond acceptors (Lipinski definition) is 5. The topological polar surface area (TPSA) is 79.5 Å². The third-order valence-electron chi connectivity index (χ3n) is 4.48. The zero-order chi connectivity index (χ0) is 19.0. The van der Waals surface area contributed by atoms with Crippen molar-refractivity contribution in [1.82, 2.24) is 10.1 Å². The first-order chi connectivity index (χ1) is 13.0. The van der Waals surface area contributed by atoms with Gasteiger partial charge in [-0.05, 0) is 42.8 Å². The van der Waals surface area contributed by atoms with Crippen LogP contribution in [0.15, 0.2) is 60.1 Å². The molecule has 0 aliphatic carbocycles. The van der Waals surface area contributed by atoms with Crippen LogP contribution in [-0.4, -0.2) is 15.9 Å². The van der Waals surface area contributed by atoms with Crippen LogP contribution in [0.1, 0.15) is 18.4 Å². The van der Waals surface area contributed by atoms with Gasteiger partial charge in [0.25, 0.3) is 5.84 Å². The number of nitrogens with one attached hydrogen (secondary N) is 1. The highest BCUT2D eigenvalue weighted by molar-refractivity contribution is 7.16. The molecule has 0 aliphatic rings. The van der Waals surface area contributed by atoms with Gasteiger partial charge in [-0.25, -0.2) is 9.37 Å². The molecule has 1 unspecified atom stereocenters. The first kappa shape index (κ1) is 17.2. The fraction of sp³-hybridized carbons (Fsp3) is 0.100. The molecule has 3 N–H and O–H groups in total. The average Bonchev–Trinajstić information content (AvgIpc) is 3.15. The molecule has 5 nitrogen and oxygen atoms in total. The van der Waals surface area contributed by atoms with Crippen molar-refractivity contribution in [2.75, 3.05) is 5.73 Å². The molecule has 0 radical (unpaired) electrons. The summed E-state index contributed by atoms with van der Waals surface area (Å²) in [5.74, 6) is 0.0403. The van der Waals surface area contributed by atoms with Crippen molar-refractivity contribution in [3.05, 3.63) is 71.5 Å². The third-order valence-corrected chi connectivity index (χ3v) is 5.27. The van der Waals surface area contributed by atoms with Gasteiger partial charge in [0.15, 0.2) is 0 Å². The van der Waals surface area contributed by atoms with E-state index in [4.69, 9.17) is 11.1 Å². The molecule has 0 spiro atoms. The van der Waals surface area contributed by atoms with Gasteiger partial charge in [-0.3, -0.25) is 0 Å². The number of halogens is 1. The molecule has 0 bridgehead atoms. The van der Waals surface area contributed by atoms with Crippen LogP contribution in [0.3, 0.4) is 0 Å². The maximum absolute atomic E-state index is 13.5. The number of nitrogens with zero attached hydrogens (tertiary/aromatic N) is 3.